The molecule has 0 aromatic heterocycles. The lowest BCUT2D eigenvalue weighted by molar-refractivity contribution is -0.383. The molecule has 1 saturated heterocycles. The number of amides is 1. The van der Waals surface area contributed by atoms with Crippen LogP contribution in [0.3, 0.4) is 0 Å². The van der Waals surface area contributed by atoms with Gasteiger partial charge in [0.25, 0.3) is 11.6 Å². The van der Waals surface area contributed by atoms with Crippen LogP contribution in [-0.4, -0.2) is 55.7 Å². The fraction of sp³-hybridized carbons (Fsp3) is 0.269. The molecule has 4 rings (SSSR count). The van der Waals surface area contributed by atoms with Crippen molar-refractivity contribution >= 4 is 23.0 Å². The molecule has 1 aliphatic rings. The molecule has 0 bridgehead atoms. The van der Waals surface area contributed by atoms with Crippen molar-refractivity contribution in [1.82, 2.24) is 10.2 Å². The average molecular weight is 477 g/mol. The van der Waals surface area contributed by atoms with E-state index in [2.05, 4.69) is 15.5 Å². The van der Waals surface area contributed by atoms with Gasteiger partial charge in [-0.2, -0.15) is 0 Å². The number of nitro benzene ring substituents is 1. The monoisotopic (exact) mass is 476 g/mol. The zero-order valence-electron chi connectivity index (χ0n) is 19.5. The number of carbonyl (C=O) groups excluding carboxylic acids is 1. The van der Waals surface area contributed by atoms with Crippen LogP contribution in [0.5, 0.6) is 5.75 Å². The van der Waals surface area contributed by atoms with Gasteiger partial charge in [-0.25, -0.2) is 0 Å². The molecule has 2 N–H and O–H groups in total. The Balaban J connectivity index is 1.50. The minimum Gasteiger partial charge on any atom is -0.497 e. The molecule has 9 heteroatoms. The second-order valence-corrected chi connectivity index (χ2v) is 8.13. The van der Waals surface area contributed by atoms with Crippen LogP contribution in [0.4, 0.5) is 17.1 Å². The third kappa shape index (κ3) is 6.14. The molecule has 35 heavy (non-hydrogen) atoms. The van der Waals surface area contributed by atoms with Gasteiger partial charge in [0.15, 0.2) is 0 Å². The maximum Gasteiger partial charge on any atom is 0.293 e. The number of morpholine rings is 1. The Morgan fingerprint density at radius 3 is 2.46 bits per heavy atom. The summed E-state index contributed by atoms with van der Waals surface area (Å²) in [6.07, 6.45) is 0. The van der Waals surface area contributed by atoms with Crippen LogP contribution < -0.4 is 15.4 Å². The van der Waals surface area contributed by atoms with Crippen LogP contribution in [0.15, 0.2) is 72.8 Å². The second kappa shape index (κ2) is 11.5. The predicted octanol–water partition coefficient (Wildman–Crippen LogP) is 4.15. The highest BCUT2D eigenvalue weighted by atomic mass is 16.6. The first-order valence-electron chi connectivity index (χ1n) is 11.4. The van der Waals surface area contributed by atoms with Gasteiger partial charge in [-0.1, -0.05) is 30.3 Å². The molecule has 1 unspecified atom stereocenters. The van der Waals surface area contributed by atoms with Crippen molar-refractivity contribution in [3.05, 3.63) is 94.0 Å². The van der Waals surface area contributed by atoms with E-state index >= 15 is 0 Å². The van der Waals surface area contributed by atoms with Crippen LogP contribution >= 0.6 is 0 Å². The van der Waals surface area contributed by atoms with Crippen molar-refractivity contribution < 1.29 is 19.2 Å². The zero-order valence-corrected chi connectivity index (χ0v) is 19.5. The van der Waals surface area contributed by atoms with E-state index in [-0.39, 0.29) is 23.2 Å². The standard InChI is InChI=1S/C26H28N4O5/c1-34-22-10-7-19(8-11-22)25(29-13-15-35-16-14-29)18-27-26(31)20-9-12-23(24(17-20)30(32)33)28-21-5-3-2-4-6-21/h2-12,17,25,28H,13-16,18H2,1H3,(H,27,31). The van der Waals surface area contributed by atoms with Crippen LogP contribution in [-0.2, 0) is 4.74 Å². The van der Waals surface area contributed by atoms with Gasteiger partial charge < -0.3 is 20.1 Å². The Kier molecular flexibility index (Phi) is 7.92. The number of anilines is 2. The van der Waals surface area contributed by atoms with Gasteiger partial charge in [0, 0.05) is 37.0 Å². The molecule has 3 aromatic rings. The number of nitrogens with zero attached hydrogens (tertiary/aromatic N) is 2. The molecule has 0 aliphatic carbocycles. The third-order valence-electron chi connectivity index (χ3n) is 5.95. The summed E-state index contributed by atoms with van der Waals surface area (Å²) in [5.41, 5.74) is 2.15. The predicted molar refractivity (Wildman–Crippen MR) is 133 cm³/mol. The minimum atomic E-state index is -0.490. The number of ether oxygens (including phenoxy) is 2. The molecule has 1 amide bonds. The van der Waals surface area contributed by atoms with Gasteiger partial charge in [0.05, 0.1) is 31.3 Å². The quantitative estimate of drug-likeness (QED) is 0.353. The summed E-state index contributed by atoms with van der Waals surface area (Å²) in [7, 11) is 1.62. The molecule has 3 aromatic carbocycles. The number of para-hydroxylation sites is 1. The van der Waals surface area contributed by atoms with Gasteiger partial charge >= 0.3 is 0 Å². The number of methoxy groups -OCH3 is 1. The van der Waals surface area contributed by atoms with Crippen molar-refractivity contribution in [2.45, 2.75) is 6.04 Å². The Labute approximate surface area is 203 Å². The molecular formula is C26H28N4O5. The smallest absolute Gasteiger partial charge is 0.293 e. The van der Waals surface area contributed by atoms with Gasteiger partial charge in [-0.05, 0) is 42.0 Å². The Hall–Kier alpha value is -3.95. The lowest BCUT2D eigenvalue weighted by atomic mass is 10.0. The summed E-state index contributed by atoms with van der Waals surface area (Å²) in [6, 6.07) is 21.3. The van der Waals surface area contributed by atoms with Gasteiger partial charge in [-0.15, -0.1) is 0 Å². The van der Waals surface area contributed by atoms with Crippen molar-refractivity contribution in [2.24, 2.45) is 0 Å². The molecule has 1 fully saturated rings. The number of rotatable bonds is 9. The lowest BCUT2D eigenvalue weighted by Crippen LogP contribution is -2.43. The Bertz CT molecular complexity index is 1150. The van der Waals surface area contributed by atoms with E-state index in [9.17, 15) is 14.9 Å². The Morgan fingerprint density at radius 1 is 1.09 bits per heavy atom. The van der Waals surface area contributed by atoms with E-state index in [1.165, 1.54) is 6.07 Å². The molecule has 1 heterocycles. The summed E-state index contributed by atoms with van der Waals surface area (Å²) in [6.45, 7) is 3.10. The first-order valence-corrected chi connectivity index (χ1v) is 11.4. The lowest BCUT2D eigenvalue weighted by Gasteiger charge is -2.35. The number of benzene rings is 3. The normalized spacial score (nSPS) is 14.7. The molecule has 182 valence electrons. The third-order valence-corrected chi connectivity index (χ3v) is 5.95. The number of hydrogen-bond acceptors (Lipinski definition) is 7. The second-order valence-electron chi connectivity index (χ2n) is 8.13. The molecule has 0 radical (unpaired) electrons. The first kappa shape index (κ1) is 24.2. The summed E-state index contributed by atoms with van der Waals surface area (Å²) in [5, 5.41) is 17.7. The molecular weight excluding hydrogens is 448 g/mol. The molecule has 1 atom stereocenters. The largest absolute Gasteiger partial charge is 0.497 e. The van der Waals surface area contributed by atoms with Gasteiger partial charge in [0.1, 0.15) is 11.4 Å². The highest BCUT2D eigenvalue weighted by molar-refractivity contribution is 5.96. The van der Waals surface area contributed by atoms with E-state index in [0.717, 1.165) is 30.1 Å². The first-order chi connectivity index (χ1) is 17.0. The maximum absolute atomic E-state index is 13.0. The summed E-state index contributed by atoms with van der Waals surface area (Å²) in [4.78, 5) is 26.5. The maximum atomic E-state index is 13.0. The number of nitrogens with one attached hydrogen (secondary N) is 2. The zero-order chi connectivity index (χ0) is 24.6. The molecule has 0 saturated carbocycles. The van der Waals surface area contributed by atoms with Crippen LogP contribution in [0.1, 0.15) is 22.0 Å². The van der Waals surface area contributed by atoms with E-state index < -0.39 is 4.92 Å². The van der Waals surface area contributed by atoms with Crippen molar-refractivity contribution in [2.75, 3.05) is 45.3 Å². The summed E-state index contributed by atoms with van der Waals surface area (Å²) >= 11 is 0. The van der Waals surface area contributed by atoms with Crippen molar-refractivity contribution in [1.29, 1.82) is 0 Å². The van der Waals surface area contributed by atoms with E-state index in [0.29, 0.717) is 25.4 Å². The number of hydrogen-bond donors (Lipinski definition) is 2. The fourth-order valence-corrected chi connectivity index (χ4v) is 4.07. The van der Waals surface area contributed by atoms with E-state index in [4.69, 9.17) is 9.47 Å². The Morgan fingerprint density at radius 2 is 1.80 bits per heavy atom. The van der Waals surface area contributed by atoms with Crippen molar-refractivity contribution in [3.63, 3.8) is 0 Å². The number of carbonyl (C=O) groups is 1. The van der Waals surface area contributed by atoms with Crippen LogP contribution in [0.25, 0.3) is 0 Å². The van der Waals surface area contributed by atoms with E-state index in [1.807, 2.05) is 54.6 Å². The fourth-order valence-electron chi connectivity index (χ4n) is 4.07. The molecule has 1 aliphatic heterocycles. The van der Waals surface area contributed by atoms with Gasteiger partial charge in [-0.3, -0.25) is 19.8 Å². The van der Waals surface area contributed by atoms with E-state index in [1.54, 1.807) is 19.2 Å². The summed E-state index contributed by atoms with van der Waals surface area (Å²) in [5.74, 6) is 0.390. The van der Waals surface area contributed by atoms with Crippen LogP contribution in [0.2, 0.25) is 0 Å². The van der Waals surface area contributed by atoms with Crippen molar-refractivity contribution in [3.8, 4) is 5.75 Å². The van der Waals surface area contributed by atoms with Gasteiger partial charge in [0.2, 0.25) is 0 Å². The van der Waals surface area contributed by atoms with Crippen LogP contribution in [0, 0.1) is 10.1 Å². The average Bonchev–Trinajstić information content (AvgIpc) is 2.90. The SMILES string of the molecule is COc1ccc(C(CNC(=O)c2ccc(Nc3ccccc3)c([N+](=O)[O-])c2)N2CCOCC2)cc1. The minimum absolute atomic E-state index is 0.0669. The molecule has 0 spiro atoms. The highest BCUT2D eigenvalue weighted by Gasteiger charge is 2.24. The highest BCUT2D eigenvalue weighted by Crippen LogP contribution is 2.29. The molecule has 9 nitrogen and oxygen atoms in total. The number of nitro groups is 1. The summed E-state index contributed by atoms with van der Waals surface area (Å²) < 4.78 is 10.8. The topological polar surface area (TPSA) is 106 Å².